The fourth-order valence-corrected chi connectivity index (χ4v) is 1.77. The van der Waals surface area contributed by atoms with Gasteiger partial charge in [0.2, 0.25) is 0 Å². The summed E-state index contributed by atoms with van der Waals surface area (Å²) in [4.78, 5) is 15.8. The van der Waals surface area contributed by atoms with Crippen molar-refractivity contribution < 1.29 is 9.90 Å². The predicted molar refractivity (Wildman–Crippen MR) is 57.8 cm³/mol. The molecule has 5 nitrogen and oxygen atoms in total. The van der Waals surface area contributed by atoms with Gasteiger partial charge in [-0.1, -0.05) is 0 Å². The van der Waals surface area contributed by atoms with E-state index in [-0.39, 0.29) is 24.2 Å². The molecule has 1 fully saturated rings. The summed E-state index contributed by atoms with van der Waals surface area (Å²) in [5, 5.41) is 13.7. The molecule has 1 unspecified atom stereocenters. The molecule has 0 spiro atoms. The summed E-state index contributed by atoms with van der Waals surface area (Å²) in [5.74, 6) is 0.681. The van der Waals surface area contributed by atoms with Crippen molar-refractivity contribution in [3.8, 4) is 0 Å². The van der Waals surface area contributed by atoms with E-state index in [4.69, 9.17) is 0 Å². The van der Waals surface area contributed by atoms with Gasteiger partial charge < -0.3 is 5.11 Å². The first kappa shape index (κ1) is 11.3. The molecule has 16 heavy (non-hydrogen) atoms. The molecule has 1 atom stereocenters. The Labute approximate surface area is 94.5 Å². The van der Waals surface area contributed by atoms with Crippen LogP contribution >= 0.6 is 0 Å². The minimum absolute atomic E-state index is 0.141. The van der Waals surface area contributed by atoms with E-state index >= 15 is 0 Å². The number of aliphatic hydroxyl groups excluding tert-OH is 1. The third kappa shape index (κ3) is 2.29. The molecule has 1 N–H and O–H groups in total. The Kier molecular flexibility index (Phi) is 3.05. The third-order valence-corrected chi connectivity index (χ3v) is 2.87. The predicted octanol–water partition coefficient (Wildman–Crippen LogP) is 0.742. The lowest BCUT2D eigenvalue weighted by atomic mass is 10.1. The smallest absolute Gasteiger partial charge is 0.169 e. The Morgan fingerprint density at radius 2 is 2.31 bits per heavy atom. The van der Waals surface area contributed by atoms with Crippen molar-refractivity contribution in [2.75, 3.05) is 0 Å². The zero-order valence-electron chi connectivity index (χ0n) is 9.63. The van der Waals surface area contributed by atoms with Gasteiger partial charge in [-0.2, -0.15) is 5.10 Å². The van der Waals surface area contributed by atoms with Gasteiger partial charge in [0, 0.05) is 6.04 Å². The molecule has 1 aliphatic carbocycles. The van der Waals surface area contributed by atoms with Crippen LogP contribution in [0.1, 0.15) is 38.6 Å². The van der Waals surface area contributed by atoms with Crippen molar-refractivity contribution in [3.05, 3.63) is 12.2 Å². The molecule has 0 saturated heterocycles. The Balaban J connectivity index is 2.02. The van der Waals surface area contributed by atoms with Gasteiger partial charge in [0.05, 0.1) is 6.42 Å². The fourth-order valence-electron chi connectivity index (χ4n) is 1.77. The van der Waals surface area contributed by atoms with Crippen molar-refractivity contribution in [2.45, 2.75) is 45.3 Å². The maximum Gasteiger partial charge on any atom is 0.169 e. The highest BCUT2D eigenvalue weighted by atomic mass is 16.3. The van der Waals surface area contributed by atoms with E-state index in [2.05, 4.69) is 10.1 Å². The van der Waals surface area contributed by atoms with Crippen LogP contribution in [0.15, 0.2) is 6.33 Å². The van der Waals surface area contributed by atoms with Gasteiger partial charge in [-0.3, -0.25) is 4.79 Å². The van der Waals surface area contributed by atoms with Crippen molar-refractivity contribution >= 4 is 5.78 Å². The number of ketones is 1. The molecule has 88 valence electrons. The number of carbonyl (C=O) groups is 1. The SMILES string of the molecule is CC(C)n1ncnc1CC(=O)C(O)C1CC1. The highest BCUT2D eigenvalue weighted by molar-refractivity contribution is 5.84. The van der Waals surface area contributed by atoms with Gasteiger partial charge in [0.1, 0.15) is 18.3 Å². The number of hydrogen-bond acceptors (Lipinski definition) is 4. The lowest BCUT2D eigenvalue weighted by Gasteiger charge is -2.11. The van der Waals surface area contributed by atoms with E-state index in [1.54, 1.807) is 4.68 Å². The van der Waals surface area contributed by atoms with Gasteiger partial charge in [0.15, 0.2) is 5.78 Å². The van der Waals surface area contributed by atoms with Gasteiger partial charge in [-0.25, -0.2) is 9.67 Å². The number of rotatable bonds is 5. The van der Waals surface area contributed by atoms with Crippen LogP contribution in [0, 0.1) is 5.92 Å². The zero-order valence-corrected chi connectivity index (χ0v) is 9.63. The Morgan fingerprint density at radius 1 is 1.62 bits per heavy atom. The number of aliphatic hydroxyl groups is 1. The quantitative estimate of drug-likeness (QED) is 0.799. The maximum atomic E-state index is 11.7. The summed E-state index contributed by atoms with van der Waals surface area (Å²) in [6.07, 6.45) is 2.74. The van der Waals surface area contributed by atoms with Gasteiger partial charge in [-0.15, -0.1) is 0 Å². The second-order valence-electron chi connectivity index (χ2n) is 4.64. The number of nitrogens with zero attached hydrogens (tertiary/aromatic N) is 3. The molecule has 0 aromatic carbocycles. The van der Waals surface area contributed by atoms with Crippen molar-refractivity contribution in [2.24, 2.45) is 5.92 Å². The van der Waals surface area contributed by atoms with E-state index < -0.39 is 6.10 Å². The number of Topliss-reactive ketones (excluding diaryl/α,β-unsaturated/α-hetero) is 1. The van der Waals surface area contributed by atoms with E-state index in [1.807, 2.05) is 13.8 Å². The lowest BCUT2D eigenvalue weighted by Crippen LogP contribution is -2.26. The monoisotopic (exact) mass is 223 g/mol. The van der Waals surface area contributed by atoms with Crippen LogP contribution in [0.3, 0.4) is 0 Å². The molecule has 1 aliphatic rings. The average molecular weight is 223 g/mol. The molecule has 0 radical (unpaired) electrons. The summed E-state index contributed by atoms with van der Waals surface area (Å²) in [5.41, 5.74) is 0. The maximum absolute atomic E-state index is 11.7. The highest BCUT2D eigenvalue weighted by Crippen LogP contribution is 2.33. The Bertz CT molecular complexity index is 382. The lowest BCUT2D eigenvalue weighted by molar-refractivity contribution is -0.127. The molecule has 1 saturated carbocycles. The van der Waals surface area contributed by atoms with Gasteiger partial charge in [0.25, 0.3) is 0 Å². The van der Waals surface area contributed by atoms with Crippen molar-refractivity contribution in [1.29, 1.82) is 0 Å². The highest BCUT2D eigenvalue weighted by Gasteiger charge is 2.34. The molecular formula is C11H17N3O2. The van der Waals surface area contributed by atoms with Crippen LogP contribution in [0.2, 0.25) is 0 Å². The van der Waals surface area contributed by atoms with Crippen LogP contribution in [0.25, 0.3) is 0 Å². The zero-order chi connectivity index (χ0) is 11.7. The van der Waals surface area contributed by atoms with E-state index in [0.29, 0.717) is 5.82 Å². The standard InChI is InChI=1S/C11H17N3O2/c1-7(2)14-10(12-6-13-14)5-9(15)11(16)8-3-4-8/h6-8,11,16H,3-5H2,1-2H3. The molecule has 1 heterocycles. The molecule has 1 aromatic rings. The number of aromatic nitrogens is 3. The van der Waals surface area contributed by atoms with Crippen molar-refractivity contribution in [3.63, 3.8) is 0 Å². The summed E-state index contributed by atoms with van der Waals surface area (Å²) >= 11 is 0. The van der Waals surface area contributed by atoms with Crippen LogP contribution in [-0.2, 0) is 11.2 Å². The molecule has 1 aromatic heterocycles. The van der Waals surface area contributed by atoms with Gasteiger partial charge in [-0.05, 0) is 32.6 Å². The molecule has 5 heteroatoms. The minimum atomic E-state index is -0.808. The first-order chi connectivity index (χ1) is 7.59. The molecule has 0 aliphatic heterocycles. The van der Waals surface area contributed by atoms with Crippen LogP contribution in [-0.4, -0.2) is 31.8 Å². The fraction of sp³-hybridized carbons (Fsp3) is 0.727. The summed E-state index contributed by atoms with van der Waals surface area (Å²) in [6, 6.07) is 0.184. The topological polar surface area (TPSA) is 68.0 Å². The normalized spacial score (nSPS) is 17.8. The third-order valence-electron chi connectivity index (χ3n) is 2.87. The van der Waals surface area contributed by atoms with E-state index in [9.17, 15) is 9.90 Å². The van der Waals surface area contributed by atoms with Crippen LogP contribution < -0.4 is 0 Å². The molecule has 2 rings (SSSR count). The average Bonchev–Trinajstić information content (AvgIpc) is 2.97. The van der Waals surface area contributed by atoms with E-state index in [1.165, 1.54) is 6.33 Å². The van der Waals surface area contributed by atoms with Gasteiger partial charge >= 0.3 is 0 Å². The summed E-state index contributed by atoms with van der Waals surface area (Å²) in [7, 11) is 0. The largest absolute Gasteiger partial charge is 0.385 e. The summed E-state index contributed by atoms with van der Waals surface area (Å²) in [6.45, 7) is 3.97. The first-order valence-electron chi connectivity index (χ1n) is 5.68. The second kappa shape index (κ2) is 4.33. The second-order valence-corrected chi connectivity index (χ2v) is 4.64. The Hall–Kier alpha value is -1.23. The molecule has 0 amide bonds. The Morgan fingerprint density at radius 3 is 2.88 bits per heavy atom. The number of carbonyl (C=O) groups excluding carboxylic acids is 1. The van der Waals surface area contributed by atoms with Crippen LogP contribution in [0.5, 0.6) is 0 Å². The minimum Gasteiger partial charge on any atom is -0.385 e. The number of hydrogen-bond donors (Lipinski definition) is 1. The van der Waals surface area contributed by atoms with E-state index in [0.717, 1.165) is 12.8 Å². The molecular weight excluding hydrogens is 206 g/mol. The first-order valence-corrected chi connectivity index (χ1v) is 5.68. The summed E-state index contributed by atoms with van der Waals surface area (Å²) < 4.78 is 1.72. The van der Waals surface area contributed by atoms with Crippen molar-refractivity contribution in [1.82, 2.24) is 14.8 Å². The molecule has 0 bridgehead atoms. The van der Waals surface area contributed by atoms with Crippen LogP contribution in [0.4, 0.5) is 0 Å².